The molecule has 0 aliphatic carbocycles. The Bertz CT molecular complexity index is 635. The minimum absolute atomic E-state index is 0.0184. The molecule has 1 fully saturated rings. The Hall–Kier alpha value is -2.06. The van der Waals surface area contributed by atoms with Crippen LogP contribution < -0.4 is 5.32 Å². The fourth-order valence-corrected chi connectivity index (χ4v) is 2.87. The number of aromatic nitrogens is 2. The summed E-state index contributed by atoms with van der Waals surface area (Å²) in [6.45, 7) is 5.54. The lowest BCUT2D eigenvalue weighted by Gasteiger charge is -2.40. The number of carbonyl (C=O) groups is 2. The predicted molar refractivity (Wildman–Crippen MR) is 80.1 cm³/mol. The van der Waals surface area contributed by atoms with Crippen molar-refractivity contribution in [2.45, 2.75) is 46.3 Å². The van der Waals surface area contributed by atoms with Crippen LogP contribution in [0.25, 0.3) is 0 Å². The molecule has 2 rings (SSSR count). The van der Waals surface area contributed by atoms with Crippen LogP contribution in [0, 0.1) is 12.3 Å². The highest BCUT2D eigenvalue weighted by molar-refractivity contribution is 6.00. The number of alkyl halides is 3. The van der Waals surface area contributed by atoms with E-state index in [1.54, 1.807) is 0 Å². The first-order valence-corrected chi connectivity index (χ1v) is 7.86. The third kappa shape index (κ3) is 3.25. The highest BCUT2D eigenvalue weighted by Crippen LogP contribution is 2.31. The van der Waals surface area contributed by atoms with Crippen LogP contribution in [0.1, 0.15) is 38.1 Å². The maximum Gasteiger partial charge on any atom is 0.435 e. The highest BCUT2D eigenvalue weighted by atomic mass is 19.4. The molecule has 2 heterocycles. The number of hydrogen-bond acceptors (Lipinski definition) is 3. The molecule has 1 aromatic rings. The first kappa shape index (κ1) is 18.3. The Morgan fingerprint density at radius 1 is 1.25 bits per heavy atom. The molecule has 0 unspecified atom stereocenters. The quantitative estimate of drug-likeness (QED) is 0.891. The fraction of sp³-hybridized carbons (Fsp3) is 0.667. The van der Waals surface area contributed by atoms with Crippen LogP contribution >= 0.6 is 0 Å². The van der Waals surface area contributed by atoms with E-state index in [1.165, 1.54) is 6.92 Å². The minimum atomic E-state index is -4.52. The second kappa shape index (κ2) is 6.45. The number of urea groups is 1. The van der Waals surface area contributed by atoms with Gasteiger partial charge in [-0.2, -0.15) is 18.3 Å². The number of nitrogens with zero attached hydrogens (tertiary/aromatic N) is 3. The van der Waals surface area contributed by atoms with Gasteiger partial charge in [-0.25, -0.2) is 4.79 Å². The Kier molecular flexibility index (Phi) is 4.91. The van der Waals surface area contributed by atoms with E-state index in [9.17, 15) is 22.8 Å². The Morgan fingerprint density at radius 3 is 2.38 bits per heavy atom. The summed E-state index contributed by atoms with van der Waals surface area (Å²) in [5, 5.41) is 6.21. The molecule has 0 bridgehead atoms. The van der Waals surface area contributed by atoms with Gasteiger partial charge in [-0.05, 0) is 25.8 Å². The van der Waals surface area contributed by atoms with E-state index in [0.717, 1.165) is 15.6 Å². The number of imide groups is 1. The zero-order valence-corrected chi connectivity index (χ0v) is 13.9. The standard InChI is InChI=1S/C15H21F3N4O2/c1-4-14(5-2)9-19-13(24)21(12(14)23)6-7-22-10(3)8-11(20-22)15(16,17)18/h8H,4-7,9H2,1-3H3,(H,19,24). The van der Waals surface area contributed by atoms with Crippen molar-refractivity contribution in [3.63, 3.8) is 0 Å². The van der Waals surface area contributed by atoms with Crippen LogP contribution in [0.5, 0.6) is 0 Å². The summed E-state index contributed by atoms with van der Waals surface area (Å²) < 4.78 is 39.2. The summed E-state index contributed by atoms with van der Waals surface area (Å²) in [5.74, 6) is -0.280. The molecule has 0 radical (unpaired) electrons. The molecule has 0 saturated carbocycles. The Labute approximate surface area is 138 Å². The van der Waals surface area contributed by atoms with Crippen LogP contribution in [0.3, 0.4) is 0 Å². The summed E-state index contributed by atoms with van der Waals surface area (Å²) in [7, 11) is 0. The van der Waals surface area contributed by atoms with Crippen molar-refractivity contribution in [3.05, 3.63) is 17.5 Å². The number of nitrogens with one attached hydrogen (secondary N) is 1. The van der Waals surface area contributed by atoms with Crippen molar-refractivity contribution >= 4 is 11.9 Å². The van der Waals surface area contributed by atoms with Crippen LogP contribution in [0.15, 0.2) is 6.07 Å². The molecule has 24 heavy (non-hydrogen) atoms. The molecule has 134 valence electrons. The smallest absolute Gasteiger partial charge is 0.337 e. The number of aryl methyl sites for hydroxylation is 1. The van der Waals surface area contributed by atoms with Gasteiger partial charge in [0.05, 0.1) is 18.5 Å². The molecule has 1 aliphatic rings. The van der Waals surface area contributed by atoms with E-state index < -0.39 is 23.3 Å². The van der Waals surface area contributed by atoms with Gasteiger partial charge in [0.25, 0.3) is 0 Å². The second-order valence-electron chi connectivity index (χ2n) is 5.99. The van der Waals surface area contributed by atoms with Crippen molar-refractivity contribution in [1.29, 1.82) is 0 Å². The number of carbonyl (C=O) groups excluding carboxylic acids is 2. The van der Waals surface area contributed by atoms with Crippen LogP contribution in [-0.4, -0.2) is 39.7 Å². The van der Waals surface area contributed by atoms with Gasteiger partial charge in [-0.3, -0.25) is 14.4 Å². The molecule has 1 aromatic heterocycles. The molecule has 0 aromatic carbocycles. The summed E-state index contributed by atoms with van der Waals surface area (Å²) in [5.41, 5.74) is -1.31. The van der Waals surface area contributed by atoms with Gasteiger partial charge in [-0.1, -0.05) is 13.8 Å². The predicted octanol–water partition coefficient (Wildman–Crippen LogP) is 2.57. The third-order valence-corrected chi connectivity index (χ3v) is 4.68. The number of rotatable bonds is 5. The average Bonchev–Trinajstić information content (AvgIpc) is 2.89. The van der Waals surface area contributed by atoms with Crippen molar-refractivity contribution in [2.75, 3.05) is 13.1 Å². The molecule has 1 N–H and O–H groups in total. The second-order valence-corrected chi connectivity index (χ2v) is 5.99. The lowest BCUT2D eigenvalue weighted by Crippen LogP contribution is -2.60. The average molecular weight is 346 g/mol. The lowest BCUT2D eigenvalue weighted by molar-refractivity contribution is -0.143. The van der Waals surface area contributed by atoms with E-state index >= 15 is 0 Å². The first-order chi connectivity index (χ1) is 11.1. The van der Waals surface area contributed by atoms with Gasteiger partial charge in [0.2, 0.25) is 5.91 Å². The van der Waals surface area contributed by atoms with Crippen molar-refractivity contribution < 1.29 is 22.8 Å². The summed E-state index contributed by atoms with van der Waals surface area (Å²) in [4.78, 5) is 25.7. The van der Waals surface area contributed by atoms with Crippen molar-refractivity contribution in [3.8, 4) is 0 Å². The third-order valence-electron chi connectivity index (χ3n) is 4.68. The van der Waals surface area contributed by atoms with Gasteiger partial charge in [0.1, 0.15) is 0 Å². The SMILES string of the molecule is CCC1(CC)CNC(=O)N(CCn2nc(C(F)(F)F)cc2C)C1=O. The van der Waals surface area contributed by atoms with Crippen molar-refractivity contribution in [1.82, 2.24) is 20.0 Å². The van der Waals surface area contributed by atoms with Gasteiger partial charge >= 0.3 is 12.2 Å². The van der Waals surface area contributed by atoms with E-state index in [2.05, 4.69) is 10.4 Å². The van der Waals surface area contributed by atoms with Gasteiger partial charge in [-0.15, -0.1) is 0 Å². The monoisotopic (exact) mass is 346 g/mol. The Balaban J connectivity index is 2.14. The number of amides is 3. The lowest BCUT2D eigenvalue weighted by atomic mass is 9.79. The molecule has 0 atom stereocenters. The highest BCUT2D eigenvalue weighted by Gasteiger charge is 2.44. The van der Waals surface area contributed by atoms with E-state index in [0.29, 0.717) is 18.5 Å². The van der Waals surface area contributed by atoms with Gasteiger partial charge in [0, 0.05) is 12.2 Å². The molecule has 6 nitrogen and oxygen atoms in total. The molecular formula is C15H21F3N4O2. The molecule has 1 aliphatic heterocycles. The molecule has 1 saturated heterocycles. The summed E-state index contributed by atoms with van der Waals surface area (Å²) >= 11 is 0. The summed E-state index contributed by atoms with van der Waals surface area (Å²) in [6.07, 6.45) is -3.36. The van der Waals surface area contributed by atoms with Gasteiger partial charge in [0.15, 0.2) is 5.69 Å². The summed E-state index contributed by atoms with van der Waals surface area (Å²) in [6, 6.07) is 0.430. The van der Waals surface area contributed by atoms with E-state index in [4.69, 9.17) is 0 Å². The number of hydrogen-bond donors (Lipinski definition) is 1. The first-order valence-electron chi connectivity index (χ1n) is 7.86. The van der Waals surface area contributed by atoms with E-state index in [1.807, 2.05) is 13.8 Å². The Morgan fingerprint density at radius 2 is 1.88 bits per heavy atom. The minimum Gasteiger partial charge on any atom is -0.337 e. The normalized spacial score (nSPS) is 18.0. The van der Waals surface area contributed by atoms with E-state index in [-0.39, 0.29) is 25.5 Å². The zero-order chi connectivity index (χ0) is 18.1. The number of halogens is 3. The topological polar surface area (TPSA) is 67.2 Å². The molecular weight excluding hydrogens is 325 g/mol. The van der Waals surface area contributed by atoms with Crippen molar-refractivity contribution in [2.24, 2.45) is 5.41 Å². The van der Waals surface area contributed by atoms with Crippen LogP contribution in [-0.2, 0) is 17.5 Å². The molecule has 0 spiro atoms. The van der Waals surface area contributed by atoms with Crippen LogP contribution in [0.2, 0.25) is 0 Å². The van der Waals surface area contributed by atoms with Crippen LogP contribution in [0.4, 0.5) is 18.0 Å². The fourth-order valence-electron chi connectivity index (χ4n) is 2.87. The largest absolute Gasteiger partial charge is 0.435 e. The molecule has 3 amide bonds. The molecule has 9 heteroatoms. The van der Waals surface area contributed by atoms with Gasteiger partial charge < -0.3 is 5.32 Å². The zero-order valence-electron chi connectivity index (χ0n) is 13.9. The maximum absolute atomic E-state index is 12.7. The maximum atomic E-state index is 12.7.